The molecule has 1 aromatic carbocycles. The van der Waals surface area contributed by atoms with Gasteiger partial charge in [-0.15, -0.1) is 0 Å². The van der Waals surface area contributed by atoms with Gasteiger partial charge in [0.05, 0.1) is 6.54 Å². The predicted molar refractivity (Wildman–Crippen MR) is 66.6 cm³/mol. The van der Waals surface area contributed by atoms with Crippen LogP contribution in [0.1, 0.15) is 25.3 Å². The fourth-order valence-electron chi connectivity index (χ4n) is 2.28. The van der Waals surface area contributed by atoms with Crippen molar-refractivity contribution in [3.63, 3.8) is 0 Å². The lowest BCUT2D eigenvalue weighted by molar-refractivity contribution is -0.0116. The Labute approximate surface area is 100 Å². The van der Waals surface area contributed by atoms with Crippen LogP contribution < -0.4 is 10.6 Å². The Kier molecular flexibility index (Phi) is 3.22. The number of hydrogen-bond donors (Lipinski definition) is 1. The van der Waals surface area contributed by atoms with Crippen LogP contribution in [0, 0.1) is 0 Å². The van der Waals surface area contributed by atoms with E-state index in [1.54, 1.807) is 11.0 Å². The summed E-state index contributed by atoms with van der Waals surface area (Å²) in [6.45, 7) is 2.53. The Morgan fingerprint density at radius 1 is 1.41 bits per heavy atom. The molecule has 1 aliphatic rings. The molecule has 0 radical (unpaired) electrons. The molecule has 1 saturated heterocycles. The van der Waals surface area contributed by atoms with Crippen LogP contribution in [0.15, 0.2) is 18.2 Å². The van der Waals surface area contributed by atoms with Gasteiger partial charge in [0, 0.05) is 24.3 Å². The lowest BCUT2D eigenvalue weighted by atomic mass is 10.0. The van der Waals surface area contributed by atoms with E-state index in [1.165, 1.54) is 0 Å². The van der Waals surface area contributed by atoms with E-state index in [0.29, 0.717) is 13.0 Å². The van der Waals surface area contributed by atoms with Gasteiger partial charge in [0.2, 0.25) is 0 Å². The monoisotopic (exact) mass is 240 g/mol. The second-order valence-corrected chi connectivity index (χ2v) is 4.62. The van der Waals surface area contributed by atoms with Crippen LogP contribution in [-0.2, 0) is 6.42 Å². The lowest BCUT2D eigenvalue weighted by Gasteiger charge is -2.34. The number of nitrogens with zero attached hydrogens (tertiary/aromatic N) is 1. The highest BCUT2D eigenvalue weighted by Gasteiger charge is 2.35. The number of benzene rings is 1. The molecule has 0 atom stereocenters. The average molecular weight is 240 g/mol. The maximum atomic E-state index is 13.3. The second-order valence-electron chi connectivity index (χ2n) is 4.62. The smallest absolute Gasteiger partial charge is 0.265 e. The largest absolute Gasteiger partial charge is 0.399 e. The second kappa shape index (κ2) is 4.51. The Bertz CT molecular complexity index is 404. The molecule has 4 heteroatoms. The van der Waals surface area contributed by atoms with E-state index in [1.807, 2.05) is 19.1 Å². The molecule has 1 heterocycles. The van der Waals surface area contributed by atoms with Crippen LogP contribution in [0.2, 0.25) is 0 Å². The van der Waals surface area contributed by atoms with Crippen molar-refractivity contribution in [3.05, 3.63) is 23.8 Å². The number of piperidine rings is 1. The first-order valence-electron chi connectivity index (χ1n) is 6.03. The lowest BCUT2D eigenvalue weighted by Crippen LogP contribution is -2.42. The van der Waals surface area contributed by atoms with Crippen LogP contribution in [0.5, 0.6) is 0 Å². The van der Waals surface area contributed by atoms with Crippen molar-refractivity contribution in [1.82, 2.24) is 0 Å². The van der Waals surface area contributed by atoms with Gasteiger partial charge in [-0.2, -0.15) is 0 Å². The van der Waals surface area contributed by atoms with E-state index in [9.17, 15) is 8.78 Å². The Morgan fingerprint density at radius 3 is 2.82 bits per heavy atom. The van der Waals surface area contributed by atoms with Crippen molar-refractivity contribution in [2.45, 2.75) is 32.1 Å². The minimum atomic E-state index is -2.56. The van der Waals surface area contributed by atoms with Crippen LogP contribution in [-0.4, -0.2) is 19.0 Å². The summed E-state index contributed by atoms with van der Waals surface area (Å²) in [5.41, 5.74) is 8.43. The minimum Gasteiger partial charge on any atom is -0.399 e. The van der Waals surface area contributed by atoms with Crippen LogP contribution in [0.4, 0.5) is 20.2 Å². The van der Waals surface area contributed by atoms with Crippen molar-refractivity contribution < 1.29 is 8.78 Å². The minimum absolute atomic E-state index is 0.000886. The molecule has 1 aromatic rings. The molecule has 1 aliphatic heterocycles. The Balaban J connectivity index is 2.22. The molecule has 17 heavy (non-hydrogen) atoms. The van der Waals surface area contributed by atoms with Crippen molar-refractivity contribution in [3.8, 4) is 0 Å². The zero-order valence-corrected chi connectivity index (χ0v) is 10.0. The van der Waals surface area contributed by atoms with Gasteiger partial charge in [-0.25, -0.2) is 8.78 Å². The number of anilines is 2. The van der Waals surface area contributed by atoms with Crippen molar-refractivity contribution >= 4 is 11.4 Å². The number of aryl methyl sites for hydroxylation is 1. The van der Waals surface area contributed by atoms with Crippen molar-refractivity contribution in [2.24, 2.45) is 0 Å². The van der Waals surface area contributed by atoms with Crippen molar-refractivity contribution in [2.75, 3.05) is 23.7 Å². The molecule has 0 amide bonds. The maximum Gasteiger partial charge on any atom is 0.265 e. The fraction of sp³-hybridized carbons (Fsp3) is 0.538. The predicted octanol–water partition coefficient (Wildman–Crippen LogP) is 3.07. The first-order chi connectivity index (χ1) is 8.02. The van der Waals surface area contributed by atoms with E-state index in [4.69, 9.17) is 5.73 Å². The molecule has 0 bridgehead atoms. The normalized spacial score (nSPS) is 19.4. The van der Waals surface area contributed by atoms with Crippen molar-refractivity contribution in [1.29, 1.82) is 0 Å². The SMILES string of the molecule is CCc1cc(N2CCCC(F)(F)C2)ccc1N. The molecule has 0 spiro atoms. The highest BCUT2D eigenvalue weighted by molar-refractivity contribution is 5.58. The quantitative estimate of drug-likeness (QED) is 0.805. The maximum absolute atomic E-state index is 13.3. The third kappa shape index (κ3) is 2.68. The zero-order chi connectivity index (χ0) is 12.5. The van der Waals surface area contributed by atoms with E-state index in [0.717, 1.165) is 23.4 Å². The molecule has 94 valence electrons. The molecule has 0 aromatic heterocycles. The summed E-state index contributed by atoms with van der Waals surface area (Å²) >= 11 is 0. The molecule has 0 aliphatic carbocycles. The Hall–Kier alpha value is -1.32. The molecule has 1 fully saturated rings. The van der Waals surface area contributed by atoms with Gasteiger partial charge in [-0.1, -0.05) is 6.92 Å². The van der Waals surface area contributed by atoms with Gasteiger partial charge >= 0.3 is 0 Å². The number of halogens is 2. The van der Waals surface area contributed by atoms with E-state index < -0.39 is 5.92 Å². The van der Waals surface area contributed by atoms with E-state index in [-0.39, 0.29) is 13.0 Å². The fourth-order valence-corrected chi connectivity index (χ4v) is 2.28. The van der Waals surface area contributed by atoms with E-state index >= 15 is 0 Å². The zero-order valence-electron chi connectivity index (χ0n) is 10.0. The molecule has 0 unspecified atom stereocenters. The number of hydrogen-bond acceptors (Lipinski definition) is 2. The van der Waals surface area contributed by atoms with Gasteiger partial charge < -0.3 is 10.6 Å². The first kappa shape index (κ1) is 12.1. The summed E-state index contributed by atoms with van der Waals surface area (Å²) in [6, 6.07) is 5.56. The first-order valence-corrected chi connectivity index (χ1v) is 6.03. The molecule has 2 rings (SSSR count). The van der Waals surface area contributed by atoms with E-state index in [2.05, 4.69) is 0 Å². The third-order valence-electron chi connectivity index (χ3n) is 3.27. The van der Waals surface area contributed by atoms with Crippen LogP contribution in [0.25, 0.3) is 0 Å². The summed E-state index contributed by atoms with van der Waals surface area (Å²) in [4.78, 5) is 1.75. The highest BCUT2D eigenvalue weighted by Crippen LogP contribution is 2.31. The van der Waals surface area contributed by atoms with Gasteiger partial charge in [0.15, 0.2) is 0 Å². The standard InChI is InChI=1S/C13H18F2N2/c1-2-10-8-11(4-5-12(10)16)17-7-3-6-13(14,15)9-17/h4-5,8H,2-3,6-7,9,16H2,1H3. The van der Waals surface area contributed by atoms with Gasteiger partial charge in [-0.3, -0.25) is 0 Å². The summed E-state index contributed by atoms with van der Waals surface area (Å²) in [5, 5.41) is 0. The number of nitrogen functional groups attached to an aromatic ring is 1. The molecular formula is C13H18F2N2. The van der Waals surface area contributed by atoms with Crippen LogP contribution in [0.3, 0.4) is 0 Å². The molecule has 0 saturated carbocycles. The summed E-state index contributed by atoms with van der Waals surface area (Å²) < 4.78 is 26.7. The van der Waals surface area contributed by atoms with Crippen LogP contribution >= 0.6 is 0 Å². The number of alkyl halides is 2. The summed E-state index contributed by atoms with van der Waals surface area (Å²) in [5.74, 6) is -2.56. The van der Waals surface area contributed by atoms with Gasteiger partial charge in [0.1, 0.15) is 0 Å². The number of nitrogens with two attached hydrogens (primary N) is 1. The summed E-state index contributed by atoms with van der Waals surface area (Å²) in [7, 11) is 0. The molecular weight excluding hydrogens is 222 g/mol. The third-order valence-corrected chi connectivity index (χ3v) is 3.27. The highest BCUT2D eigenvalue weighted by atomic mass is 19.3. The van der Waals surface area contributed by atoms with Gasteiger partial charge in [-0.05, 0) is 36.6 Å². The van der Waals surface area contributed by atoms with Gasteiger partial charge in [0.25, 0.3) is 5.92 Å². The average Bonchev–Trinajstić information content (AvgIpc) is 2.28. The molecule has 2 nitrogen and oxygen atoms in total. The number of rotatable bonds is 2. The topological polar surface area (TPSA) is 29.3 Å². The molecule has 2 N–H and O–H groups in total. The Morgan fingerprint density at radius 2 is 2.18 bits per heavy atom. The summed E-state index contributed by atoms with van der Waals surface area (Å²) in [6.07, 6.45) is 1.36.